The lowest BCUT2D eigenvalue weighted by Crippen LogP contribution is -2.24. The molecule has 2 N–H and O–H groups in total. The Labute approximate surface area is 131 Å². The summed E-state index contributed by atoms with van der Waals surface area (Å²) in [6.07, 6.45) is 1.79. The van der Waals surface area contributed by atoms with Crippen LogP contribution in [0.5, 0.6) is 0 Å². The van der Waals surface area contributed by atoms with Crippen molar-refractivity contribution in [1.82, 2.24) is 10.9 Å². The summed E-state index contributed by atoms with van der Waals surface area (Å²) in [4.78, 5) is 0. The van der Waals surface area contributed by atoms with Gasteiger partial charge in [-0.15, -0.1) is 0 Å². The molecule has 6 nitrogen and oxygen atoms in total. The Morgan fingerprint density at radius 3 is 1.50 bits per heavy atom. The number of nitrogens with one attached hydrogen (secondary N) is 2. The highest BCUT2D eigenvalue weighted by atomic mass is 32.1. The molecule has 0 aromatic carbocycles. The molecule has 0 atom stereocenters. The standard InChI is InChI=1S/C12H22N4O2S2/c1-5-7-17-11(19)15-13-9(3)10(4)14-16-12(20)18-8-6-2/h5-8H2,1-4H3,(H,15,19)(H,16,20)/b13-9+,14-10+. The zero-order valence-corrected chi connectivity index (χ0v) is 14.0. The van der Waals surface area contributed by atoms with E-state index in [-0.39, 0.29) is 10.3 Å². The molecule has 0 bridgehead atoms. The van der Waals surface area contributed by atoms with Crippen molar-refractivity contribution in [1.29, 1.82) is 0 Å². The maximum Gasteiger partial charge on any atom is 0.277 e. The summed E-state index contributed by atoms with van der Waals surface area (Å²) in [5, 5.41) is 8.61. The summed E-state index contributed by atoms with van der Waals surface area (Å²) in [7, 11) is 0. The lowest BCUT2D eigenvalue weighted by atomic mass is 10.3. The van der Waals surface area contributed by atoms with E-state index in [4.69, 9.17) is 33.9 Å². The molecule has 0 heterocycles. The molecule has 0 unspecified atom stereocenters. The summed E-state index contributed by atoms with van der Waals surface area (Å²) in [6, 6.07) is 0. The molecule has 0 rings (SSSR count). The first-order chi connectivity index (χ1) is 9.51. The molecule has 8 heteroatoms. The Balaban J connectivity index is 4.20. The topological polar surface area (TPSA) is 67.2 Å². The van der Waals surface area contributed by atoms with E-state index in [0.717, 1.165) is 12.8 Å². The lowest BCUT2D eigenvalue weighted by molar-refractivity contribution is 0.299. The van der Waals surface area contributed by atoms with Crippen molar-refractivity contribution in [2.24, 2.45) is 10.2 Å². The van der Waals surface area contributed by atoms with Crippen LogP contribution in [0.1, 0.15) is 40.5 Å². The zero-order chi connectivity index (χ0) is 15.4. The van der Waals surface area contributed by atoms with Gasteiger partial charge in [0, 0.05) is 0 Å². The van der Waals surface area contributed by atoms with Crippen LogP contribution in [-0.2, 0) is 9.47 Å². The van der Waals surface area contributed by atoms with Crippen LogP contribution in [0.2, 0.25) is 0 Å². The highest BCUT2D eigenvalue weighted by Crippen LogP contribution is 1.87. The third-order valence-electron chi connectivity index (χ3n) is 2.03. The van der Waals surface area contributed by atoms with Crippen LogP contribution in [-0.4, -0.2) is 35.0 Å². The second kappa shape index (κ2) is 11.5. The van der Waals surface area contributed by atoms with E-state index in [2.05, 4.69) is 21.1 Å². The van der Waals surface area contributed by atoms with Gasteiger partial charge < -0.3 is 9.47 Å². The van der Waals surface area contributed by atoms with Gasteiger partial charge in [-0.05, 0) is 51.1 Å². The molecule has 0 aliphatic carbocycles. The average molecular weight is 318 g/mol. The molecule has 0 radical (unpaired) electrons. The van der Waals surface area contributed by atoms with Gasteiger partial charge in [0.2, 0.25) is 0 Å². The number of hydrogen-bond donors (Lipinski definition) is 2. The fraction of sp³-hybridized carbons (Fsp3) is 0.667. The van der Waals surface area contributed by atoms with Crippen molar-refractivity contribution in [3.63, 3.8) is 0 Å². The minimum atomic E-state index is 0.244. The first-order valence-electron chi connectivity index (χ1n) is 6.45. The predicted molar refractivity (Wildman–Crippen MR) is 90.2 cm³/mol. The fourth-order valence-electron chi connectivity index (χ4n) is 0.875. The molecule has 0 aliphatic heterocycles. The van der Waals surface area contributed by atoms with Gasteiger partial charge in [-0.25, -0.2) is 10.9 Å². The molecule has 0 aliphatic rings. The van der Waals surface area contributed by atoms with Gasteiger partial charge in [-0.3, -0.25) is 0 Å². The van der Waals surface area contributed by atoms with Gasteiger partial charge in [-0.1, -0.05) is 13.8 Å². The second-order valence-corrected chi connectivity index (χ2v) is 4.63. The van der Waals surface area contributed by atoms with E-state index in [1.54, 1.807) is 13.8 Å². The number of thiocarbonyl (C=S) groups is 2. The molecule has 114 valence electrons. The van der Waals surface area contributed by atoms with Gasteiger partial charge in [0.25, 0.3) is 10.3 Å². The Kier molecular flexibility index (Phi) is 10.8. The van der Waals surface area contributed by atoms with E-state index in [1.807, 2.05) is 13.8 Å². The van der Waals surface area contributed by atoms with Crippen LogP contribution in [0.3, 0.4) is 0 Å². The fourth-order valence-corrected chi connectivity index (χ4v) is 1.13. The van der Waals surface area contributed by atoms with Crippen LogP contribution in [0, 0.1) is 0 Å². The minimum absolute atomic E-state index is 0.244. The average Bonchev–Trinajstić information content (AvgIpc) is 2.45. The van der Waals surface area contributed by atoms with Crippen LogP contribution in [0.15, 0.2) is 10.2 Å². The number of hydrazone groups is 2. The SMILES string of the molecule is CCCOC(=S)N/N=C(C)/C(C)=N/NC(=S)OCCC. The Morgan fingerprint density at radius 1 is 0.850 bits per heavy atom. The molecular weight excluding hydrogens is 296 g/mol. The van der Waals surface area contributed by atoms with E-state index in [1.165, 1.54) is 0 Å². The monoisotopic (exact) mass is 318 g/mol. The molecule has 0 amide bonds. The maximum absolute atomic E-state index is 5.18. The van der Waals surface area contributed by atoms with Gasteiger partial charge in [-0.2, -0.15) is 10.2 Å². The van der Waals surface area contributed by atoms with Gasteiger partial charge in [0.15, 0.2) is 0 Å². The highest BCUT2D eigenvalue weighted by molar-refractivity contribution is 7.80. The number of hydrogen-bond acceptors (Lipinski definition) is 6. The normalized spacial score (nSPS) is 11.8. The number of ether oxygens (including phenoxy) is 2. The number of nitrogens with zero attached hydrogens (tertiary/aromatic N) is 2. The smallest absolute Gasteiger partial charge is 0.277 e. The van der Waals surface area contributed by atoms with Crippen molar-refractivity contribution in [2.75, 3.05) is 13.2 Å². The van der Waals surface area contributed by atoms with E-state index >= 15 is 0 Å². The molecule has 0 aromatic heterocycles. The summed E-state index contributed by atoms with van der Waals surface area (Å²) in [6.45, 7) is 8.74. The predicted octanol–water partition coefficient (Wildman–Crippen LogP) is 2.34. The van der Waals surface area contributed by atoms with Crippen LogP contribution in [0.4, 0.5) is 0 Å². The quantitative estimate of drug-likeness (QED) is 0.427. The third kappa shape index (κ3) is 9.62. The van der Waals surface area contributed by atoms with Crippen molar-refractivity contribution < 1.29 is 9.47 Å². The van der Waals surface area contributed by atoms with E-state index < -0.39 is 0 Å². The molecule has 0 saturated carbocycles. The van der Waals surface area contributed by atoms with Crippen molar-refractivity contribution >= 4 is 46.2 Å². The summed E-state index contributed by atoms with van der Waals surface area (Å²) >= 11 is 9.88. The molecule has 0 fully saturated rings. The minimum Gasteiger partial charge on any atom is -0.470 e. The van der Waals surface area contributed by atoms with Gasteiger partial charge in [0.05, 0.1) is 24.6 Å². The molecule has 0 aromatic rings. The Hall–Kier alpha value is -1.28. The molecular formula is C12H22N4O2S2. The van der Waals surface area contributed by atoms with Crippen molar-refractivity contribution in [3.8, 4) is 0 Å². The summed E-state index contributed by atoms with van der Waals surface area (Å²) in [5.41, 5.74) is 6.62. The third-order valence-corrected chi connectivity index (χ3v) is 2.45. The van der Waals surface area contributed by atoms with E-state index in [9.17, 15) is 0 Å². The summed E-state index contributed by atoms with van der Waals surface area (Å²) in [5.74, 6) is 0. The van der Waals surface area contributed by atoms with Crippen molar-refractivity contribution in [3.05, 3.63) is 0 Å². The van der Waals surface area contributed by atoms with Crippen LogP contribution in [0.25, 0.3) is 0 Å². The Morgan fingerprint density at radius 2 is 1.20 bits per heavy atom. The van der Waals surface area contributed by atoms with E-state index in [0.29, 0.717) is 24.6 Å². The Bertz CT molecular complexity index is 348. The van der Waals surface area contributed by atoms with Gasteiger partial charge >= 0.3 is 0 Å². The summed E-state index contributed by atoms with van der Waals surface area (Å²) < 4.78 is 10.4. The van der Waals surface area contributed by atoms with Crippen molar-refractivity contribution in [2.45, 2.75) is 40.5 Å². The molecule has 0 spiro atoms. The first-order valence-corrected chi connectivity index (χ1v) is 7.27. The van der Waals surface area contributed by atoms with Gasteiger partial charge in [0.1, 0.15) is 0 Å². The first kappa shape index (κ1) is 18.7. The maximum atomic E-state index is 5.18. The zero-order valence-electron chi connectivity index (χ0n) is 12.4. The largest absolute Gasteiger partial charge is 0.470 e. The van der Waals surface area contributed by atoms with Crippen LogP contribution >= 0.6 is 24.4 Å². The molecule has 20 heavy (non-hydrogen) atoms. The molecule has 0 saturated heterocycles. The second-order valence-electron chi connectivity index (χ2n) is 3.89. The van der Waals surface area contributed by atoms with Crippen LogP contribution < -0.4 is 10.9 Å². The number of rotatable bonds is 7. The lowest BCUT2D eigenvalue weighted by Gasteiger charge is -2.07. The highest BCUT2D eigenvalue weighted by Gasteiger charge is 2.00.